The lowest BCUT2D eigenvalue weighted by Crippen LogP contribution is -2.35. The number of nitrogens with two attached hydrogens (primary N) is 1. The molecule has 25 heavy (non-hydrogen) atoms. The van der Waals surface area contributed by atoms with Crippen LogP contribution in [0.3, 0.4) is 0 Å². The van der Waals surface area contributed by atoms with Crippen molar-refractivity contribution in [3.05, 3.63) is 35.4 Å². The highest BCUT2D eigenvalue weighted by Crippen LogP contribution is 2.19. The minimum Gasteiger partial charge on any atom is -0.381 e. The first-order valence-corrected chi connectivity index (χ1v) is 9.15. The fraction of sp³-hybridized carbons (Fsp3) is 0.632. The lowest BCUT2D eigenvalue weighted by Gasteiger charge is -2.22. The number of carbonyl (C=O) groups is 1. The molecule has 0 unspecified atom stereocenters. The van der Waals surface area contributed by atoms with Gasteiger partial charge in [-0.15, -0.1) is 0 Å². The van der Waals surface area contributed by atoms with Crippen molar-refractivity contribution in [3.63, 3.8) is 0 Å². The Kier molecular flexibility index (Phi) is 6.81. The number of amides is 1. The van der Waals surface area contributed by atoms with Crippen molar-refractivity contribution in [2.24, 2.45) is 5.73 Å². The molecule has 3 N–H and O–H groups in total. The van der Waals surface area contributed by atoms with Crippen LogP contribution in [-0.4, -0.2) is 44.0 Å². The zero-order valence-electron chi connectivity index (χ0n) is 14.6. The minimum atomic E-state index is -0.367. The van der Waals surface area contributed by atoms with Crippen molar-refractivity contribution >= 4 is 5.91 Å². The van der Waals surface area contributed by atoms with Crippen LogP contribution in [0.4, 0.5) is 0 Å². The van der Waals surface area contributed by atoms with Crippen molar-refractivity contribution < 1.29 is 19.0 Å². The van der Waals surface area contributed by atoms with E-state index in [1.54, 1.807) is 0 Å². The van der Waals surface area contributed by atoms with Crippen LogP contribution in [0, 0.1) is 0 Å². The molecule has 138 valence electrons. The van der Waals surface area contributed by atoms with Crippen molar-refractivity contribution in [1.29, 1.82) is 0 Å². The van der Waals surface area contributed by atoms with Crippen LogP contribution < -0.4 is 11.1 Å². The Hall–Kier alpha value is -1.47. The van der Waals surface area contributed by atoms with E-state index in [-0.39, 0.29) is 24.2 Å². The summed E-state index contributed by atoms with van der Waals surface area (Å²) < 4.78 is 16.9. The van der Waals surface area contributed by atoms with Crippen molar-refractivity contribution in [2.75, 3.05) is 19.8 Å². The van der Waals surface area contributed by atoms with Crippen LogP contribution in [0.1, 0.15) is 36.8 Å². The number of benzene rings is 1. The minimum absolute atomic E-state index is 0.0152. The van der Waals surface area contributed by atoms with Crippen molar-refractivity contribution in [1.82, 2.24) is 5.32 Å². The Morgan fingerprint density at radius 1 is 1.20 bits per heavy atom. The molecule has 0 saturated carbocycles. The summed E-state index contributed by atoms with van der Waals surface area (Å²) in [4.78, 5) is 12.2. The van der Waals surface area contributed by atoms with Crippen molar-refractivity contribution in [3.8, 4) is 0 Å². The molecule has 2 atom stereocenters. The summed E-state index contributed by atoms with van der Waals surface area (Å²) in [5.41, 5.74) is 7.77. The maximum atomic E-state index is 12.2. The maximum absolute atomic E-state index is 12.2. The van der Waals surface area contributed by atoms with Gasteiger partial charge in [0.05, 0.1) is 18.8 Å². The van der Waals surface area contributed by atoms with Gasteiger partial charge in [-0.2, -0.15) is 0 Å². The lowest BCUT2D eigenvalue weighted by molar-refractivity contribution is -0.132. The largest absolute Gasteiger partial charge is 0.381 e. The van der Waals surface area contributed by atoms with Gasteiger partial charge in [0.1, 0.15) is 6.10 Å². The molecule has 0 bridgehead atoms. The summed E-state index contributed by atoms with van der Waals surface area (Å²) in [6.45, 7) is 3.13. The molecule has 0 spiro atoms. The molecule has 1 amide bonds. The van der Waals surface area contributed by atoms with E-state index < -0.39 is 0 Å². The van der Waals surface area contributed by atoms with Gasteiger partial charge in [0.25, 0.3) is 0 Å². The molecule has 1 aromatic carbocycles. The van der Waals surface area contributed by atoms with Gasteiger partial charge in [-0.1, -0.05) is 24.3 Å². The molecule has 6 nitrogen and oxygen atoms in total. The first kappa shape index (κ1) is 18.3. The molecular weight excluding hydrogens is 320 g/mol. The van der Waals surface area contributed by atoms with Crippen molar-refractivity contribution in [2.45, 2.75) is 57.1 Å². The van der Waals surface area contributed by atoms with Gasteiger partial charge >= 0.3 is 0 Å². The quantitative estimate of drug-likeness (QED) is 0.780. The summed E-state index contributed by atoms with van der Waals surface area (Å²) >= 11 is 0. The van der Waals surface area contributed by atoms with E-state index in [0.717, 1.165) is 50.0 Å². The monoisotopic (exact) mass is 348 g/mol. The molecule has 2 heterocycles. The zero-order valence-corrected chi connectivity index (χ0v) is 14.6. The van der Waals surface area contributed by atoms with Crippen LogP contribution >= 0.6 is 0 Å². The molecule has 0 radical (unpaired) electrons. The van der Waals surface area contributed by atoms with Gasteiger partial charge in [0.15, 0.2) is 0 Å². The zero-order chi connectivity index (χ0) is 17.5. The van der Waals surface area contributed by atoms with Gasteiger partial charge < -0.3 is 25.3 Å². The van der Waals surface area contributed by atoms with E-state index in [1.807, 2.05) is 12.1 Å². The van der Waals surface area contributed by atoms with Gasteiger partial charge in [0, 0.05) is 26.3 Å². The predicted molar refractivity (Wildman–Crippen MR) is 93.9 cm³/mol. The number of nitrogens with one attached hydrogen (secondary N) is 1. The molecule has 0 aromatic heterocycles. The molecule has 6 heteroatoms. The van der Waals surface area contributed by atoms with E-state index in [1.165, 1.54) is 0 Å². The fourth-order valence-electron chi connectivity index (χ4n) is 3.26. The number of hydrogen-bond acceptors (Lipinski definition) is 5. The Bertz CT molecular complexity index is 560. The lowest BCUT2D eigenvalue weighted by atomic mass is 10.1. The summed E-state index contributed by atoms with van der Waals surface area (Å²) in [7, 11) is 0. The van der Waals surface area contributed by atoms with Crippen LogP contribution in [0.2, 0.25) is 0 Å². The van der Waals surface area contributed by atoms with E-state index in [9.17, 15) is 4.79 Å². The molecule has 2 fully saturated rings. The molecular formula is C19H28N2O4. The number of carbonyl (C=O) groups excluding carboxylic acids is 1. The summed E-state index contributed by atoms with van der Waals surface area (Å²) in [6, 6.07) is 8.14. The topological polar surface area (TPSA) is 82.8 Å². The number of ether oxygens (including phenoxy) is 3. The predicted octanol–water partition coefficient (Wildman–Crippen LogP) is 1.50. The van der Waals surface area contributed by atoms with E-state index in [4.69, 9.17) is 19.9 Å². The summed E-state index contributed by atoms with van der Waals surface area (Å²) in [5.74, 6) is -0.0557. The average Bonchev–Trinajstić information content (AvgIpc) is 3.15. The molecule has 2 aliphatic rings. The highest BCUT2D eigenvalue weighted by Gasteiger charge is 2.29. The molecule has 2 saturated heterocycles. The Balaban J connectivity index is 1.44. The van der Waals surface area contributed by atoms with E-state index in [2.05, 4.69) is 17.4 Å². The molecule has 2 aliphatic heterocycles. The fourth-order valence-corrected chi connectivity index (χ4v) is 3.26. The Morgan fingerprint density at radius 3 is 2.76 bits per heavy atom. The summed E-state index contributed by atoms with van der Waals surface area (Å²) in [5, 5.41) is 2.96. The first-order chi connectivity index (χ1) is 12.2. The SMILES string of the molecule is NC[C@H]1CC[C@@H](C(=O)NCc2cccc(COC3CCOCC3)c2)O1. The Morgan fingerprint density at radius 2 is 2.00 bits per heavy atom. The summed E-state index contributed by atoms with van der Waals surface area (Å²) in [6.07, 6.45) is 3.45. The normalized spacial score (nSPS) is 24.4. The standard InChI is InChI=1S/C19H28N2O4/c20-11-17-4-5-18(25-17)19(22)21-12-14-2-1-3-15(10-14)13-24-16-6-8-23-9-7-16/h1-3,10,16-18H,4-9,11-13,20H2,(H,21,22)/t17-,18+/m1/s1. The first-order valence-electron chi connectivity index (χ1n) is 9.15. The van der Waals surface area contributed by atoms with Crippen LogP contribution in [0.25, 0.3) is 0 Å². The second kappa shape index (κ2) is 9.29. The number of rotatable bonds is 7. The highest BCUT2D eigenvalue weighted by atomic mass is 16.5. The molecule has 1 aromatic rings. The number of hydrogen-bond donors (Lipinski definition) is 2. The highest BCUT2D eigenvalue weighted by molar-refractivity contribution is 5.81. The van der Waals surface area contributed by atoms with Crippen LogP contribution in [0.5, 0.6) is 0 Å². The second-order valence-corrected chi connectivity index (χ2v) is 6.72. The maximum Gasteiger partial charge on any atom is 0.249 e. The third kappa shape index (κ3) is 5.51. The smallest absolute Gasteiger partial charge is 0.249 e. The van der Waals surface area contributed by atoms with E-state index >= 15 is 0 Å². The molecule has 3 rings (SSSR count). The van der Waals surface area contributed by atoms with Crippen LogP contribution in [0.15, 0.2) is 24.3 Å². The van der Waals surface area contributed by atoms with Gasteiger partial charge in [-0.25, -0.2) is 0 Å². The van der Waals surface area contributed by atoms with E-state index in [0.29, 0.717) is 19.7 Å². The Labute approximate surface area is 149 Å². The third-order valence-electron chi connectivity index (χ3n) is 4.78. The molecule has 0 aliphatic carbocycles. The van der Waals surface area contributed by atoms with Gasteiger partial charge in [-0.3, -0.25) is 4.79 Å². The van der Waals surface area contributed by atoms with Gasteiger partial charge in [0.2, 0.25) is 5.91 Å². The van der Waals surface area contributed by atoms with Gasteiger partial charge in [-0.05, 0) is 36.8 Å². The second-order valence-electron chi connectivity index (χ2n) is 6.72. The third-order valence-corrected chi connectivity index (χ3v) is 4.78. The average molecular weight is 348 g/mol. The van der Waals surface area contributed by atoms with Crippen LogP contribution in [-0.2, 0) is 32.2 Å².